The second-order valence-corrected chi connectivity index (χ2v) is 5.12. The summed E-state index contributed by atoms with van der Waals surface area (Å²) < 4.78 is 0. The molecule has 20 heavy (non-hydrogen) atoms. The smallest absolute Gasteiger partial charge is 0.241 e. The first-order valence-electron chi connectivity index (χ1n) is 7.29. The Morgan fingerprint density at radius 1 is 1.30 bits per heavy atom. The van der Waals surface area contributed by atoms with Crippen molar-refractivity contribution < 1.29 is 4.79 Å². The molecule has 0 aromatic heterocycles. The van der Waals surface area contributed by atoms with Crippen LogP contribution in [0.15, 0.2) is 24.3 Å². The largest absolute Gasteiger partial charge is 0.320 e. The second-order valence-electron chi connectivity index (χ2n) is 5.12. The predicted octanol–water partition coefficient (Wildman–Crippen LogP) is 1.89. The normalized spacial score (nSPS) is 10.8. The highest BCUT2D eigenvalue weighted by molar-refractivity contribution is 5.95. The van der Waals surface area contributed by atoms with Crippen LogP contribution in [0.25, 0.3) is 0 Å². The van der Waals surface area contributed by atoms with Gasteiger partial charge in [-0.3, -0.25) is 9.69 Å². The maximum atomic E-state index is 12.4. The van der Waals surface area contributed by atoms with Gasteiger partial charge in [0.25, 0.3) is 0 Å². The monoisotopic (exact) mass is 277 g/mol. The van der Waals surface area contributed by atoms with Crippen LogP contribution in [0.1, 0.15) is 18.9 Å². The third-order valence-corrected chi connectivity index (χ3v) is 3.40. The molecule has 0 radical (unpaired) electrons. The van der Waals surface area contributed by atoms with Gasteiger partial charge in [0, 0.05) is 12.2 Å². The molecular weight excluding hydrogens is 250 g/mol. The van der Waals surface area contributed by atoms with Gasteiger partial charge in [-0.05, 0) is 59.1 Å². The molecule has 0 saturated carbocycles. The number of para-hydroxylation sites is 1. The number of amides is 1. The number of benzene rings is 1. The van der Waals surface area contributed by atoms with Gasteiger partial charge in [-0.15, -0.1) is 0 Å². The van der Waals surface area contributed by atoms with Gasteiger partial charge in [-0.25, -0.2) is 0 Å². The predicted molar refractivity (Wildman–Crippen MR) is 85.2 cm³/mol. The highest BCUT2D eigenvalue weighted by Crippen LogP contribution is 2.19. The van der Waals surface area contributed by atoms with Crippen LogP contribution in [0.2, 0.25) is 0 Å². The molecule has 0 atom stereocenters. The molecular formula is C16H27N3O. The van der Waals surface area contributed by atoms with Gasteiger partial charge in [-0.2, -0.15) is 0 Å². The van der Waals surface area contributed by atoms with Gasteiger partial charge >= 0.3 is 0 Å². The molecule has 0 heterocycles. The molecule has 1 aromatic rings. The van der Waals surface area contributed by atoms with Crippen LogP contribution in [-0.2, 0) is 4.79 Å². The lowest BCUT2D eigenvalue weighted by Gasteiger charge is -2.25. The Morgan fingerprint density at radius 3 is 2.60 bits per heavy atom. The fraction of sp³-hybridized carbons (Fsp3) is 0.562. The summed E-state index contributed by atoms with van der Waals surface area (Å²) in [6.07, 6.45) is 1.05. The molecule has 0 aliphatic rings. The topological polar surface area (TPSA) is 35.6 Å². The lowest BCUT2D eigenvalue weighted by Crippen LogP contribution is -2.40. The van der Waals surface area contributed by atoms with Crippen LogP contribution in [0.3, 0.4) is 0 Å². The second kappa shape index (κ2) is 8.72. The third-order valence-electron chi connectivity index (χ3n) is 3.40. The average Bonchev–Trinajstić information content (AvgIpc) is 2.42. The lowest BCUT2D eigenvalue weighted by atomic mass is 10.2. The molecule has 0 bridgehead atoms. The fourth-order valence-corrected chi connectivity index (χ4v) is 2.27. The van der Waals surface area contributed by atoms with Crippen molar-refractivity contribution in [3.8, 4) is 0 Å². The van der Waals surface area contributed by atoms with Crippen molar-refractivity contribution in [2.24, 2.45) is 0 Å². The Balaban J connectivity index is 2.62. The van der Waals surface area contributed by atoms with E-state index >= 15 is 0 Å². The minimum atomic E-state index is 0.161. The van der Waals surface area contributed by atoms with Crippen molar-refractivity contribution in [3.63, 3.8) is 0 Å². The van der Waals surface area contributed by atoms with Crippen molar-refractivity contribution in [1.29, 1.82) is 0 Å². The van der Waals surface area contributed by atoms with Crippen LogP contribution < -0.4 is 10.2 Å². The van der Waals surface area contributed by atoms with Crippen molar-refractivity contribution in [1.82, 2.24) is 10.2 Å². The molecule has 0 fully saturated rings. The highest BCUT2D eigenvalue weighted by Gasteiger charge is 2.16. The fourth-order valence-electron chi connectivity index (χ4n) is 2.27. The Bertz CT molecular complexity index is 420. The molecule has 1 N–H and O–H groups in total. The molecule has 1 amide bonds. The number of rotatable bonds is 8. The van der Waals surface area contributed by atoms with E-state index in [9.17, 15) is 4.79 Å². The first kappa shape index (κ1) is 16.7. The van der Waals surface area contributed by atoms with Crippen LogP contribution >= 0.6 is 0 Å². The van der Waals surface area contributed by atoms with E-state index < -0.39 is 0 Å². The van der Waals surface area contributed by atoms with E-state index in [4.69, 9.17) is 0 Å². The Hall–Kier alpha value is -1.39. The molecule has 112 valence electrons. The lowest BCUT2D eigenvalue weighted by molar-refractivity contribution is -0.119. The molecule has 0 saturated heterocycles. The van der Waals surface area contributed by atoms with Gasteiger partial charge in [0.1, 0.15) is 0 Å². The summed E-state index contributed by atoms with van der Waals surface area (Å²) in [4.78, 5) is 16.4. The van der Waals surface area contributed by atoms with Crippen LogP contribution in [0, 0.1) is 6.92 Å². The van der Waals surface area contributed by atoms with E-state index in [1.165, 1.54) is 0 Å². The molecule has 4 heteroatoms. The van der Waals surface area contributed by atoms with E-state index in [-0.39, 0.29) is 5.91 Å². The van der Waals surface area contributed by atoms with Crippen molar-refractivity contribution in [2.75, 3.05) is 45.2 Å². The Labute approximate surface area is 122 Å². The summed E-state index contributed by atoms with van der Waals surface area (Å²) in [7, 11) is 3.95. The average molecular weight is 277 g/mol. The maximum absolute atomic E-state index is 12.4. The summed E-state index contributed by atoms with van der Waals surface area (Å²) in [5.74, 6) is 0.161. The Kier molecular flexibility index (Phi) is 7.26. The van der Waals surface area contributed by atoms with Gasteiger partial charge in [0.2, 0.25) is 5.91 Å². The number of carbonyl (C=O) groups is 1. The first-order chi connectivity index (χ1) is 9.60. The Morgan fingerprint density at radius 2 is 2.00 bits per heavy atom. The zero-order chi connectivity index (χ0) is 15.0. The molecule has 1 rings (SSSR count). The summed E-state index contributed by atoms with van der Waals surface area (Å²) >= 11 is 0. The first-order valence-corrected chi connectivity index (χ1v) is 7.29. The third kappa shape index (κ3) is 4.94. The highest BCUT2D eigenvalue weighted by atomic mass is 16.2. The van der Waals surface area contributed by atoms with Crippen LogP contribution in [0.5, 0.6) is 0 Å². The van der Waals surface area contributed by atoms with E-state index in [0.717, 1.165) is 30.8 Å². The van der Waals surface area contributed by atoms with Crippen LogP contribution in [0.4, 0.5) is 5.69 Å². The number of anilines is 1. The summed E-state index contributed by atoms with van der Waals surface area (Å²) in [6, 6.07) is 8.04. The minimum Gasteiger partial charge on any atom is -0.320 e. The molecule has 0 spiro atoms. The van der Waals surface area contributed by atoms with Gasteiger partial charge in [-0.1, -0.05) is 18.2 Å². The summed E-state index contributed by atoms with van der Waals surface area (Å²) in [5, 5.41) is 3.12. The summed E-state index contributed by atoms with van der Waals surface area (Å²) in [6.45, 7) is 7.14. The van der Waals surface area contributed by atoms with E-state index in [2.05, 4.69) is 10.2 Å². The van der Waals surface area contributed by atoms with Crippen LogP contribution in [-0.4, -0.2) is 51.1 Å². The van der Waals surface area contributed by atoms with E-state index in [1.54, 1.807) is 0 Å². The van der Waals surface area contributed by atoms with E-state index in [0.29, 0.717) is 13.1 Å². The number of carbonyl (C=O) groups excluding carboxylic acids is 1. The van der Waals surface area contributed by atoms with E-state index in [1.807, 2.05) is 57.1 Å². The number of likely N-dealkylation sites (N-methyl/N-ethyl adjacent to an activating group) is 2. The van der Waals surface area contributed by atoms with Gasteiger partial charge in [0.05, 0.1) is 6.54 Å². The number of nitrogens with one attached hydrogen (secondary N) is 1. The summed E-state index contributed by atoms with van der Waals surface area (Å²) in [5.41, 5.74) is 2.16. The van der Waals surface area contributed by atoms with Crippen molar-refractivity contribution in [2.45, 2.75) is 20.3 Å². The van der Waals surface area contributed by atoms with Crippen molar-refractivity contribution >= 4 is 11.6 Å². The number of hydrogen-bond donors (Lipinski definition) is 1. The molecule has 0 aliphatic heterocycles. The molecule has 0 unspecified atom stereocenters. The number of hydrogen-bond acceptors (Lipinski definition) is 3. The van der Waals surface area contributed by atoms with Crippen molar-refractivity contribution in [3.05, 3.63) is 29.8 Å². The van der Waals surface area contributed by atoms with Gasteiger partial charge in [0.15, 0.2) is 0 Å². The standard InChI is InChI=1S/C16H27N3O/c1-5-19(15-10-7-6-9-14(15)2)16(20)13-18(4)12-8-11-17-3/h6-7,9-10,17H,5,8,11-13H2,1-4H3. The SMILES string of the molecule is CCN(C(=O)CN(C)CCCNC)c1ccccc1C. The zero-order valence-corrected chi connectivity index (χ0v) is 13.1. The minimum absolute atomic E-state index is 0.161. The molecule has 1 aromatic carbocycles. The molecule has 0 aliphatic carbocycles. The van der Waals surface area contributed by atoms with Gasteiger partial charge < -0.3 is 10.2 Å². The zero-order valence-electron chi connectivity index (χ0n) is 13.1. The quantitative estimate of drug-likeness (QED) is 0.737. The number of aryl methyl sites for hydroxylation is 1. The number of nitrogens with zero attached hydrogens (tertiary/aromatic N) is 2. The molecule has 4 nitrogen and oxygen atoms in total. The maximum Gasteiger partial charge on any atom is 0.241 e.